The zero-order valence-corrected chi connectivity index (χ0v) is 17.9. The van der Waals surface area contributed by atoms with Gasteiger partial charge in [0, 0.05) is 12.1 Å². The van der Waals surface area contributed by atoms with Gasteiger partial charge in [0.25, 0.3) is 6.47 Å². The van der Waals surface area contributed by atoms with Crippen LogP contribution in [0.5, 0.6) is 17.2 Å². The largest absolute Gasteiger partial charge is 0.489 e. The first-order valence-corrected chi connectivity index (χ1v) is 10.2. The van der Waals surface area contributed by atoms with Gasteiger partial charge in [0.15, 0.2) is 0 Å². The highest BCUT2D eigenvalue weighted by atomic mass is 16.5. The summed E-state index contributed by atoms with van der Waals surface area (Å²) >= 11 is 0. The molecule has 0 saturated carbocycles. The van der Waals surface area contributed by atoms with E-state index in [0.29, 0.717) is 12.5 Å². The number of nitrogens with one attached hydrogen (secondary N) is 1. The van der Waals surface area contributed by atoms with Crippen molar-refractivity contribution in [3.63, 3.8) is 0 Å². The molecule has 0 aromatic heterocycles. The van der Waals surface area contributed by atoms with Crippen molar-refractivity contribution < 1.29 is 19.0 Å². The number of carbonyl (C=O) groups excluding carboxylic acids is 1. The van der Waals surface area contributed by atoms with E-state index in [2.05, 4.69) is 17.0 Å². The molecule has 1 N–H and O–H groups in total. The average Bonchev–Trinajstić information content (AvgIpc) is 2.69. The predicted molar refractivity (Wildman–Crippen MR) is 116 cm³/mol. The van der Waals surface area contributed by atoms with Gasteiger partial charge in [-0.1, -0.05) is 30.7 Å². The minimum absolute atomic E-state index is 0.160. The van der Waals surface area contributed by atoms with Crippen LogP contribution >= 0.6 is 0 Å². The van der Waals surface area contributed by atoms with E-state index in [9.17, 15) is 4.79 Å². The number of carbonyl (C=O) groups is 1. The summed E-state index contributed by atoms with van der Waals surface area (Å²) in [5, 5.41) is 3.54. The second kappa shape index (κ2) is 11.5. The van der Waals surface area contributed by atoms with E-state index in [0.717, 1.165) is 23.8 Å². The lowest BCUT2D eigenvalue weighted by Gasteiger charge is -2.29. The summed E-state index contributed by atoms with van der Waals surface area (Å²) in [4.78, 5) is 9.60. The fourth-order valence-electron chi connectivity index (χ4n) is 2.96. The van der Waals surface area contributed by atoms with E-state index >= 15 is 0 Å². The number of hydrogen-bond acceptors (Lipinski definition) is 5. The fraction of sp³-hybridized carbons (Fsp3) is 0.458. The fourth-order valence-corrected chi connectivity index (χ4v) is 2.96. The van der Waals surface area contributed by atoms with Crippen LogP contribution in [0, 0.1) is 0 Å². The van der Waals surface area contributed by atoms with Gasteiger partial charge >= 0.3 is 0 Å². The molecular weight excluding hydrogens is 366 g/mol. The van der Waals surface area contributed by atoms with Crippen molar-refractivity contribution in [1.82, 2.24) is 5.32 Å². The van der Waals surface area contributed by atoms with E-state index in [1.807, 2.05) is 75.4 Å². The van der Waals surface area contributed by atoms with Crippen molar-refractivity contribution in [2.75, 3.05) is 6.54 Å². The molecule has 1 saturated heterocycles. The van der Waals surface area contributed by atoms with Crippen molar-refractivity contribution in [2.24, 2.45) is 0 Å². The SMILES string of the molecule is CC(C)(C)OC=O.CC(Oc1cccc(Oc2ccccc2)c1)C1CCCCN1. The third-order valence-electron chi connectivity index (χ3n) is 4.42. The number of ether oxygens (including phenoxy) is 3. The quantitative estimate of drug-likeness (QED) is 0.664. The van der Waals surface area contributed by atoms with Gasteiger partial charge in [-0.25, -0.2) is 0 Å². The Morgan fingerprint density at radius 2 is 1.69 bits per heavy atom. The predicted octanol–water partition coefficient (Wildman–Crippen LogP) is 5.35. The summed E-state index contributed by atoms with van der Waals surface area (Å²) in [5.74, 6) is 2.49. The monoisotopic (exact) mass is 399 g/mol. The lowest BCUT2D eigenvalue weighted by atomic mass is 10.0. The van der Waals surface area contributed by atoms with Crippen LogP contribution in [-0.2, 0) is 9.53 Å². The molecule has 1 aliphatic heterocycles. The van der Waals surface area contributed by atoms with Gasteiger partial charge in [-0.15, -0.1) is 0 Å². The van der Waals surface area contributed by atoms with Gasteiger partial charge < -0.3 is 19.5 Å². The Bertz CT molecular complexity index is 721. The maximum atomic E-state index is 9.60. The van der Waals surface area contributed by atoms with E-state index in [4.69, 9.17) is 9.47 Å². The molecule has 5 nitrogen and oxygen atoms in total. The Kier molecular flexibility index (Phi) is 9.00. The van der Waals surface area contributed by atoms with E-state index < -0.39 is 0 Å². The van der Waals surface area contributed by atoms with E-state index in [1.54, 1.807) is 0 Å². The van der Waals surface area contributed by atoms with Crippen LogP contribution in [-0.4, -0.2) is 30.8 Å². The Morgan fingerprint density at radius 1 is 1.00 bits per heavy atom. The summed E-state index contributed by atoms with van der Waals surface area (Å²) in [6, 6.07) is 18.1. The molecular formula is C24H33NO4. The van der Waals surface area contributed by atoms with Gasteiger partial charge in [-0.3, -0.25) is 4.79 Å². The molecule has 2 aromatic rings. The number of para-hydroxylation sites is 1. The molecule has 1 fully saturated rings. The minimum Gasteiger partial charge on any atom is -0.489 e. The third kappa shape index (κ3) is 9.01. The van der Waals surface area contributed by atoms with Crippen molar-refractivity contribution in [3.05, 3.63) is 54.6 Å². The number of piperidine rings is 1. The third-order valence-corrected chi connectivity index (χ3v) is 4.42. The molecule has 29 heavy (non-hydrogen) atoms. The Morgan fingerprint density at radius 3 is 2.28 bits per heavy atom. The van der Waals surface area contributed by atoms with E-state index in [1.165, 1.54) is 19.3 Å². The van der Waals surface area contributed by atoms with Crippen molar-refractivity contribution in [2.45, 2.75) is 64.7 Å². The van der Waals surface area contributed by atoms with Gasteiger partial charge in [0.2, 0.25) is 0 Å². The van der Waals surface area contributed by atoms with Crippen molar-refractivity contribution >= 4 is 6.47 Å². The highest BCUT2D eigenvalue weighted by Gasteiger charge is 2.20. The zero-order valence-electron chi connectivity index (χ0n) is 17.9. The van der Waals surface area contributed by atoms with Crippen LogP contribution in [0.1, 0.15) is 47.0 Å². The molecule has 158 valence electrons. The smallest absolute Gasteiger partial charge is 0.293 e. The van der Waals surface area contributed by atoms with E-state index in [-0.39, 0.29) is 11.7 Å². The molecule has 0 radical (unpaired) electrons. The van der Waals surface area contributed by atoms with Crippen LogP contribution in [0.15, 0.2) is 54.6 Å². The zero-order chi connectivity index (χ0) is 21.1. The van der Waals surface area contributed by atoms with Crippen LogP contribution in [0.2, 0.25) is 0 Å². The minimum atomic E-state index is -0.318. The standard InChI is InChI=1S/C19H23NO2.C5H10O2/c1-15(19-12-5-6-13-20-19)21-17-10-7-11-18(14-17)22-16-8-3-2-4-9-16;1-5(2,3)7-4-6/h2-4,7-11,14-15,19-20H,5-6,12-13H2,1H3;4H,1-3H3. The van der Waals surface area contributed by atoms with Gasteiger partial charge in [-0.05, 0) is 71.3 Å². The first-order valence-electron chi connectivity index (χ1n) is 10.2. The Hall–Kier alpha value is -2.53. The number of benzene rings is 2. The summed E-state index contributed by atoms with van der Waals surface area (Å²) in [7, 11) is 0. The molecule has 0 amide bonds. The average molecular weight is 400 g/mol. The van der Waals surface area contributed by atoms with Gasteiger partial charge in [-0.2, -0.15) is 0 Å². The van der Waals surface area contributed by atoms with Crippen molar-refractivity contribution in [1.29, 1.82) is 0 Å². The maximum absolute atomic E-state index is 9.60. The second-order valence-corrected chi connectivity index (χ2v) is 8.10. The molecule has 2 atom stereocenters. The molecule has 3 rings (SSSR count). The van der Waals surface area contributed by atoms with Gasteiger partial charge in [0.1, 0.15) is 29.0 Å². The van der Waals surface area contributed by atoms with Gasteiger partial charge in [0.05, 0.1) is 0 Å². The molecule has 0 spiro atoms. The molecule has 1 heterocycles. The summed E-state index contributed by atoms with van der Waals surface area (Å²) in [6.07, 6.45) is 3.89. The number of hydrogen-bond donors (Lipinski definition) is 1. The van der Waals surface area contributed by atoms with Crippen molar-refractivity contribution in [3.8, 4) is 17.2 Å². The van der Waals surface area contributed by atoms with Crippen LogP contribution in [0.3, 0.4) is 0 Å². The summed E-state index contributed by atoms with van der Waals surface area (Å²) in [6.45, 7) is 9.15. The summed E-state index contributed by atoms with van der Waals surface area (Å²) in [5.41, 5.74) is -0.318. The molecule has 0 bridgehead atoms. The first-order chi connectivity index (χ1) is 13.9. The molecule has 1 aliphatic rings. The number of rotatable bonds is 6. The van der Waals surface area contributed by atoms with Crippen LogP contribution < -0.4 is 14.8 Å². The molecule has 2 aromatic carbocycles. The lowest BCUT2D eigenvalue weighted by molar-refractivity contribution is -0.138. The first kappa shape index (κ1) is 22.8. The molecule has 5 heteroatoms. The van der Waals surface area contributed by atoms with Crippen LogP contribution in [0.4, 0.5) is 0 Å². The second-order valence-electron chi connectivity index (χ2n) is 8.10. The highest BCUT2D eigenvalue weighted by molar-refractivity contribution is 5.38. The topological polar surface area (TPSA) is 56.8 Å². The molecule has 2 unspecified atom stereocenters. The lowest BCUT2D eigenvalue weighted by Crippen LogP contribution is -2.44. The summed E-state index contributed by atoms with van der Waals surface area (Å²) < 4.78 is 16.5. The normalized spacial score (nSPS) is 17.3. The Balaban J connectivity index is 0.000000370. The Labute approximate surface area is 174 Å². The highest BCUT2D eigenvalue weighted by Crippen LogP contribution is 2.26. The maximum Gasteiger partial charge on any atom is 0.293 e. The van der Waals surface area contributed by atoms with Crippen LogP contribution in [0.25, 0.3) is 0 Å². The molecule has 0 aliphatic carbocycles.